The van der Waals surface area contributed by atoms with Gasteiger partial charge in [0.05, 0.1) is 11.4 Å². The number of hydrogen-bond acceptors (Lipinski definition) is 2. The van der Waals surface area contributed by atoms with Crippen LogP contribution >= 0.6 is 0 Å². The van der Waals surface area contributed by atoms with Crippen molar-refractivity contribution in [1.82, 2.24) is 9.97 Å². The molecule has 5 aromatic rings. The lowest BCUT2D eigenvalue weighted by atomic mass is 9.81. The second-order valence-electron chi connectivity index (χ2n) is 10.6. The number of benzene rings is 4. The molecule has 1 aromatic heterocycles. The molecule has 190 valence electrons. The number of allylic oxidation sites excluding steroid dienone is 4. The summed E-state index contributed by atoms with van der Waals surface area (Å²) in [6.07, 6.45) is 5.56. The number of rotatable bonds is 5. The van der Waals surface area contributed by atoms with Crippen LogP contribution in [0.15, 0.2) is 133 Å². The van der Waals surface area contributed by atoms with Gasteiger partial charge in [-0.2, -0.15) is 0 Å². The molecule has 0 N–H and O–H groups in total. The van der Waals surface area contributed by atoms with Gasteiger partial charge < -0.3 is 0 Å². The zero-order chi connectivity index (χ0) is 26.8. The van der Waals surface area contributed by atoms with Gasteiger partial charge in [0.2, 0.25) is 0 Å². The summed E-state index contributed by atoms with van der Waals surface area (Å²) in [6, 6.07) is 40.2. The minimum Gasteiger partial charge on any atom is -0.228 e. The maximum absolute atomic E-state index is 4.97. The fourth-order valence-corrected chi connectivity index (χ4v) is 5.67. The Morgan fingerprint density at radius 2 is 1.21 bits per heavy atom. The predicted octanol–water partition coefficient (Wildman–Crippen LogP) is 9.34. The summed E-state index contributed by atoms with van der Waals surface area (Å²) in [5.74, 6) is 0.739. The van der Waals surface area contributed by atoms with Crippen LogP contribution in [0, 0.1) is 0 Å². The van der Waals surface area contributed by atoms with Crippen LogP contribution in [0.1, 0.15) is 37.5 Å². The number of nitrogens with zero attached hydrogens (tertiary/aromatic N) is 2. The van der Waals surface area contributed by atoms with E-state index in [2.05, 4.69) is 112 Å². The highest BCUT2D eigenvalue weighted by Gasteiger charge is 2.37. The van der Waals surface area contributed by atoms with Crippen LogP contribution in [0.3, 0.4) is 0 Å². The van der Waals surface area contributed by atoms with Gasteiger partial charge >= 0.3 is 0 Å². The average molecular weight is 505 g/mol. The van der Waals surface area contributed by atoms with E-state index < -0.39 is 0 Å². The molecular formula is C37H32N2. The fraction of sp³-hybridized carbons (Fsp3) is 0.135. The van der Waals surface area contributed by atoms with Gasteiger partial charge in [-0.3, -0.25) is 0 Å². The molecule has 2 nitrogen and oxygen atoms in total. The van der Waals surface area contributed by atoms with Gasteiger partial charge in [0, 0.05) is 22.1 Å². The summed E-state index contributed by atoms with van der Waals surface area (Å²) in [5, 5.41) is 0. The van der Waals surface area contributed by atoms with Gasteiger partial charge in [-0.25, -0.2) is 9.97 Å². The normalized spacial score (nSPS) is 16.0. The molecule has 1 heterocycles. The van der Waals surface area contributed by atoms with Crippen molar-refractivity contribution in [1.29, 1.82) is 0 Å². The minimum atomic E-state index is 0.00101. The third kappa shape index (κ3) is 4.75. The fourth-order valence-electron chi connectivity index (χ4n) is 5.67. The van der Waals surface area contributed by atoms with E-state index >= 15 is 0 Å². The Hall–Kier alpha value is -4.56. The van der Waals surface area contributed by atoms with E-state index in [4.69, 9.17) is 9.97 Å². The summed E-state index contributed by atoms with van der Waals surface area (Å²) in [4.78, 5) is 9.88. The summed E-state index contributed by atoms with van der Waals surface area (Å²) in [7, 11) is 0. The van der Waals surface area contributed by atoms with E-state index in [9.17, 15) is 0 Å². The van der Waals surface area contributed by atoms with Crippen molar-refractivity contribution >= 4 is 5.57 Å². The average Bonchev–Trinajstić information content (AvgIpc) is 3.22. The van der Waals surface area contributed by atoms with Crippen LogP contribution in [0.25, 0.3) is 39.5 Å². The number of aromatic nitrogens is 2. The standard InChI is InChI=1S/C37H32N2/c1-4-30-31-17-11-12-18-32(31)37(2,3)33(30)24-21-26-19-22-28(23-20-26)35-25-34(27-13-7-5-8-14-27)38-36(39-35)29-15-9-6-10-16-29/h4-20,22-25H,21H2,1-3H3/b30-4-,33-24+. The largest absolute Gasteiger partial charge is 0.228 e. The Kier molecular flexibility index (Phi) is 6.54. The smallest absolute Gasteiger partial charge is 0.160 e. The van der Waals surface area contributed by atoms with Crippen molar-refractivity contribution in [2.45, 2.75) is 32.6 Å². The second kappa shape index (κ2) is 10.3. The zero-order valence-corrected chi connectivity index (χ0v) is 22.7. The third-order valence-electron chi connectivity index (χ3n) is 7.76. The first-order valence-corrected chi connectivity index (χ1v) is 13.6. The van der Waals surface area contributed by atoms with Crippen molar-refractivity contribution in [3.63, 3.8) is 0 Å². The number of hydrogen-bond donors (Lipinski definition) is 0. The lowest BCUT2D eigenvalue weighted by Crippen LogP contribution is -2.15. The van der Waals surface area contributed by atoms with E-state index in [0.29, 0.717) is 0 Å². The monoisotopic (exact) mass is 504 g/mol. The van der Waals surface area contributed by atoms with Crippen molar-refractivity contribution in [2.24, 2.45) is 0 Å². The summed E-state index contributed by atoms with van der Waals surface area (Å²) >= 11 is 0. The first-order valence-electron chi connectivity index (χ1n) is 13.6. The van der Waals surface area contributed by atoms with Gasteiger partial charge in [0.15, 0.2) is 5.82 Å². The van der Waals surface area contributed by atoms with Crippen molar-refractivity contribution in [3.05, 3.63) is 150 Å². The molecular weight excluding hydrogens is 472 g/mol. The predicted molar refractivity (Wildman–Crippen MR) is 163 cm³/mol. The highest BCUT2D eigenvalue weighted by Crippen LogP contribution is 2.49. The number of fused-ring (bicyclic) bond motifs is 1. The lowest BCUT2D eigenvalue weighted by Gasteiger charge is -2.22. The SMILES string of the molecule is C/C=C1\C(=C/Cc2ccc(-c3cc(-c4ccccc4)nc(-c4ccccc4)n3)cc2)C(C)(C)c2ccccc21. The topological polar surface area (TPSA) is 25.8 Å². The molecule has 0 bridgehead atoms. The molecule has 0 unspecified atom stereocenters. The highest BCUT2D eigenvalue weighted by molar-refractivity contribution is 5.89. The molecule has 1 aliphatic carbocycles. The van der Waals surface area contributed by atoms with Crippen molar-refractivity contribution in [3.8, 4) is 33.9 Å². The Labute approximate surface area is 231 Å². The molecule has 0 spiro atoms. The quantitative estimate of drug-likeness (QED) is 0.238. The van der Waals surface area contributed by atoms with Gasteiger partial charge in [-0.15, -0.1) is 0 Å². The first kappa shape index (κ1) is 24.8. The van der Waals surface area contributed by atoms with Crippen LogP contribution in [-0.2, 0) is 11.8 Å². The van der Waals surface area contributed by atoms with E-state index in [1.165, 1.54) is 27.8 Å². The van der Waals surface area contributed by atoms with Crippen molar-refractivity contribution < 1.29 is 0 Å². The second-order valence-corrected chi connectivity index (χ2v) is 10.6. The van der Waals surface area contributed by atoms with Crippen LogP contribution in [-0.4, -0.2) is 9.97 Å². The summed E-state index contributed by atoms with van der Waals surface area (Å²) in [6.45, 7) is 6.81. The molecule has 6 rings (SSSR count). The maximum Gasteiger partial charge on any atom is 0.160 e. The molecule has 0 radical (unpaired) electrons. The van der Waals surface area contributed by atoms with Gasteiger partial charge in [-0.1, -0.05) is 135 Å². The van der Waals surface area contributed by atoms with Gasteiger partial charge in [0.25, 0.3) is 0 Å². The Balaban J connectivity index is 1.32. The maximum atomic E-state index is 4.97. The van der Waals surface area contributed by atoms with E-state index in [1.807, 2.05) is 36.4 Å². The third-order valence-corrected chi connectivity index (χ3v) is 7.76. The lowest BCUT2D eigenvalue weighted by molar-refractivity contribution is 0.658. The molecule has 0 amide bonds. The van der Waals surface area contributed by atoms with Gasteiger partial charge in [-0.05, 0) is 47.2 Å². The molecule has 0 saturated carbocycles. The summed E-state index contributed by atoms with van der Waals surface area (Å²) < 4.78 is 0. The molecule has 0 aliphatic heterocycles. The van der Waals surface area contributed by atoms with E-state index in [0.717, 1.165) is 40.3 Å². The highest BCUT2D eigenvalue weighted by atomic mass is 14.9. The van der Waals surface area contributed by atoms with Crippen LogP contribution < -0.4 is 0 Å². The van der Waals surface area contributed by atoms with E-state index in [1.54, 1.807) is 0 Å². The Morgan fingerprint density at radius 3 is 1.85 bits per heavy atom. The molecule has 2 heteroatoms. The molecule has 39 heavy (non-hydrogen) atoms. The van der Waals surface area contributed by atoms with Crippen LogP contribution in [0.2, 0.25) is 0 Å². The molecule has 1 aliphatic rings. The van der Waals surface area contributed by atoms with Crippen LogP contribution in [0.4, 0.5) is 0 Å². The Bertz CT molecular complexity index is 1620. The summed E-state index contributed by atoms with van der Waals surface area (Å²) in [5.41, 5.74) is 11.9. The first-order chi connectivity index (χ1) is 19.0. The Morgan fingerprint density at radius 1 is 0.641 bits per heavy atom. The van der Waals surface area contributed by atoms with E-state index in [-0.39, 0.29) is 5.41 Å². The molecule has 0 fully saturated rings. The molecule has 0 atom stereocenters. The zero-order valence-electron chi connectivity index (χ0n) is 22.7. The minimum absolute atomic E-state index is 0.00101. The molecule has 4 aromatic carbocycles. The van der Waals surface area contributed by atoms with Crippen LogP contribution in [0.5, 0.6) is 0 Å². The molecule has 0 saturated heterocycles. The van der Waals surface area contributed by atoms with Crippen molar-refractivity contribution in [2.75, 3.05) is 0 Å². The van der Waals surface area contributed by atoms with Gasteiger partial charge in [0.1, 0.15) is 0 Å².